The molecule has 22 heavy (non-hydrogen) atoms. The van der Waals surface area contributed by atoms with Crippen molar-refractivity contribution in [2.75, 3.05) is 24.7 Å². The molecule has 1 saturated heterocycles. The average molecular weight is 316 g/mol. The maximum absolute atomic E-state index is 12.6. The van der Waals surface area contributed by atoms with Crippen molar-refractivity contribution < 1.29 is 4.79 Å². The zero-order valence-corrected chi connectivity index (χ0v) is 13.6. The van der Waals surface area contributed by atoms with Crippen LogP contribution in [0.5, 0.6) is 0 Å². The van der Waals surface area contributed by atoms with E-state index in [-0.39, 0.29) is 17.7 Å². The molecule has 2 N–H and O–H groups in total. The number of hydrogen-bond acceptors (Lipinski definition) is 4. The minimum Gasteiger partial charge on any atom is -0.326 e. The zero-order valence-electron chi connectivity index (χ0n) is 12.7. The van der Waals surface area contributed by atoms with Gasteiger partial charge < -0.3 is 10.6 Å². The number of nitrogens with one attached hydrogen (secondary N) is 2. The molecule has 1 aromatic carbocycles. The average Bonchev–Trinajstić information content (AvgIpc) is 3.15. The number of hydrogen-bond donors (Lipinski definition) is 2. The van der Waals surface area contributed by atoms with Gasteiger partial charge in [0.25, 0.3) is 0 Å². The minimum atomic E-state index is -0.0675. The lowest BCUT2D eigenvalue weighted by atomic mass is 9.90. The number of carbonyl (C=O) groups is 1. The van der Waals surface area contributed by atoms with Gasteiger partial charge in [-0.05, 0) is 30.0 Å². The number of thioether (sulfide) groups is 1. The second-order valence-electron chi connectivity index (χ2n) is 5.54. The molecule has 5 nitrogen and oxygen atoms in total. The highest BCUT2D eigenvalue weighted by atomic mass is 32.2. The topological polar surface area (TPSA) is 59.0 Å². The normalized spacial score (nSPS) is 21.0. The third-order valence-electron chi connectivity index (χ3n) is 4.04. The van der Waals surface area contributed by atoms with Crippen molar-refractivity contribution in [1.29, 1.82) is 0 Å². The quantitative estimate of drug-likeness (QED) is 0.848. The first-order valence-electron chi connectivity index (χ1n) is 7.31. The molecule has 0 aliphatic carbocycles. The first-order chi connectivity index (χ1) is 10.7. The zero-order chi connectivity index (χ0) is 15.5. The lowest BCUT2D eigenvalue weighted by molar-refractivity contribution is -0.119. The van der Waals surface area contributed by atoms with Crippen molar-refractivity contribution in [2.45, 2.75) is 10.8 Å². The van der Waals surface area contributed by atoms with Gasteiger partial charge in [0.05, 0.1) is 12.1 Å². The van der Waals surface area contributed by atoms with E-state index in [0.717, 1.165) is 22.7 Å². The van der Waals surface area contributed by atoms with E-state index in [1.165, 1.54) is 0 Å². The van der Waals surface area contributed by atoms with Crippen LogP contribution in [0.3, 0.4) is 0 Å². The summed E-state index contributed by atoms with van der Waals surface area (Å²) in [6, 6.07) is 7.94. The number of aryl methyl sites for hydroxylation is 1. The smallest absolute Gasteiger partial charge is 0.229 e. The van der Waals surface area contributed by atoms with Crippen LogP contribution in [-0.4, -0.2) is 35.0 Å². The van der Waals surface area contributed by atoms with E-state index in [1.54, 1.807) is 16.4 Å². The van der Waals surface area contributed by atoms with Crippen molar-refractivity contribution in [2.24, 2.45) is 13.0 Å². The highest BCUT2D eigenvalue weighted by Gasteiger charge is 2.34. The van der Waals surface area contributed by atoms with E-state index >= 15 is 0 Å². The maximum Gasteiger partial charge on any atom is 0.229 e. The Kier molecular flexibility index (Phi) is 4.49. The Morgan fingerprint density at radius 1 is 1.45 bits per heavy atom. The molecule has 0 bridgehead atoms. The van der Waals surface area contributed by atoms with Crippen LogP contribution in [0, 0.1) is 5.92 Å². The van der Waals surface area contributed by atoms with Crippen LogP contribution in [-0.2, 0) is 11.8 Å². The van der Waals surface area contributed by atoms with Crippen LogP contribution in [0.25, 0.3) is 0 Å². The van der Waals surface area contributed by atoms with Crippen LogP contribution in [0.2, 0.25) is 0 Å². The molecule has 1 fully saturated rings. The van der Waals surface area contributed by atoms with E-state index in [9.17, 15) is 4.79 Å². The molecule has 2 aromatic rings. The summed E-state index contributed by atoms with van der Waals surface area (Å²) in [5.41, 5.74) is 1.97. The fourth-order valence-corrected chi connectivity index (χ4v) is 3.33. The van der Waals surface area contributed by atoms with Crippen LogP contribution in [0.4, 0.5) is 5.69 Å². The lowest BCUT2D eigenvalue weighted by Crippen LogP contribution is -2.28. The van der Waals surface area contributed by atoms with Crippen molar-refractivity contribution >= 4 is 23.4 Å². The fourth-order valence-electron chi connectivity index (χ4n) is 2.87. The Balaban J connectivity index is 1.73. The monoisotopic (exact) mass is 316 g/mol. The van der Waals surface area contributed by atoms with Gasteiger partial charge in [-0.25, -0.2) is 0 Å². The van der Waals surface area contributed by atoms with Gasteiger partial charge in [0.2, 0.25) is 5.91 Å². The molecule has 0 unspecified atom stereocenters. The third kappa shape index (κ3) is 3.18. The number of nitrogens with zero attached hydrogens (tertiary/aromatic N) is 2. The van der Waals surface area contributed by atoms with Crippen molar-refractivity contribution in [1.82, 2.24) is 15.1 Å². The summed E-state index contributed by atoms with van der Waals surface area (Å²) in [4.78, 5) is 13.8. The Bertz CT molecular complexity index is 670. The summed E-state index contributed by atoms with van der Waals surface area (Å²) in [6.45, 7) is 1.52. The minimum absolute atomic E-state index is 0.0668. The number of rotatable bonds is 4. The Morgan fingerprint density at radius 3 is 3.05 bits per heavy atom. The van der Waals surface area contributed by atoms with Crippen molar-refractivity contribution in [3.63, 3.8) is 0 Å². The summed E-state index contributed by atoms with van der Waals surface area (Å²) >= 11 is 1.67. The van der Waals surface area contributed by atoms with Crippen LogP contribution in [0.1, 0.15) is 11.5 Å². The molecule has 116 valence electrons. The van der Waals surface area contributed by atoms with E-state index < -0.39 is 0 Å². The molecular weight excluding hydrogens is 296 g/mol. The van der Waals surface area contributed by atoms with Gasteiger partial charge in [-0.2, -0.15) is 5.10 Å². The largest absolute Gasteiger partial charge is 0.326 e. The summed E-state index contributed by atoms with van der Waals surface area (Å²) in [5, 5.41) is 10.6. The first kappa shape index (κ1) is 15.1. The van der Waals surface area contributed by atoms with Crippen LogP contribution in [0.15, 0.2) is 41.6 Å². The van der Waals surface area contributed by atoms with Gasteiger partial charge in [0, 0.05) is 42.8 Å². The molecule has 0 radical (unpaired) electrons. The Labute approximate surface area is 134 Å². The summed E-state index contributed by atoms with van der Waals surface area (Å²) in [6.07, 6.45) is 5.87. The van der Waals surface area contributed by atoms with E-state index in [2.05, 4.69) is 15.7 Å². The van der Waals surface area contributed by atoms with Crippen LogP contribution >= 0.6 is 11.8 Å². The van der Waals surface area contributed by atoms with E-state index in [1.807, 2.05) is 50.0 Å². The maximum atomic E-state index is 12.6. The number of aromatic nitrogens is 2. The highest BCUT2D eigenvalue weighted by molar-refractivity contribution is 7.98. The Hall–Kier alpha value is -1.79. The number of anilines is 1. The van der Waals surface area contributed by atoms with Gasteiger partial charge in [-0.3, -0.25) is 9.48 Å². The summed E-state index contributed by atoms with van der Waals surface area (Å²) in [5.74, 6) is 0.177. The summed E-state index contributed by atoms with van der Waals surface area (Å²) < 4.78 is 1.78. The SMILES string of the molecule is CSc1cccc(NC(=O)[C@H]2CNC[C@@H]2c2cnn(C)c2)c1. The van der Waals surface area contributed by atoms with Crippen molar-refractivity contribution in [3.8, 4) is 0 Å². The lowest BCUT2D eigenvalue weighted by Gasteiger charge is -2.17. The molecule has 0 spiro atoms. The molecule has 2 heterocycles. The van der Waals surface area contributed by atoms with Crippen LogP contribution < -0.4 is 10.6 Å². The van der Waals surface area contributed by atoms with Gasteiger partial charge in [0.1, 0.15) is 0 Å². The second kappa shape index (κ2) is 6.54. The summed E-state index contributed by atoms with van der Waals surface area (Å²) in [7, 11) is 1.90. The highest BCUT2D eigenvalue weighted by Crippen LogP contribution is 2.29. The standard InChI is InChI=1S/C16H20N4OS/c1-20-10-11(7-18-20)14-8-17-9-15(14)16(21)19-12-4-3-5-13(6-12)22-2/h3-7,10,14-15,17H,8-9H2,1-2H3,(H,19,21)/t14-,15+/m1/s1. The van der Waals surface area contributed by atoms with Gasteiger partial charge in [-0.15, -0.1) is 11.8 Å². The van der Waals surface area contributed by atoms with Gasteiger partial charge in [0.15, 0.2) is 0 Å². The third-order valence-corrected chi connectivity index (χ3v) is 4.77. The molecule has 0 saturated carbocycles. The molecule has 1 aromatic heterocycles. The molecule has 1 aliphatic heterocycles. The molecule has 1 amide bonds. The predicted molar refractivity (Wildman–Crippen MR) is 89.2 cm³/mol. The van der Waals surface area contributed by atoms with E-state index in [4.69, 9.17) is 0 Å². The van der Waals surface area contributed by atoms with E-state index in [0.29, 0.717) is 6.54 Å². The number of benzene rings is 1. The molecule has 6 heteroatoms. The molecular formula is C16H20N4OS. The first-order valence-corrected chi connectivity index (χ1v) is 8.54. The molecule has 3 rings (SSSR count). The predicted octanol–water partition coefficient (Wildman–Crippen LogP) is 2.08. The Morgan fingerprint density at radius 2 is 2.32 bits per heavy atom. The second-order valence-corrected chi connectivity index (χ2v) is 6.42. The number of carbonyl (C=O) groups excluding carboxylic acids is 1. The molecule has 2 atom stereocenters. The van der Waals surface area contributed by atoms with Gasteiger partial charge in [-0.1, -0.05) is 6.07 Å². The van der Waals surface area contributed by atoms with Crippen molar-refractivity contribution in [3.05, 3.63) is 42.2 Å². The fraction of sp³-hybridized carbons (Fsp3) is 0.375. The van der Waals surface area contributed by atoms with Gasteiger partial charge >= 0.3 is 0 Å². The number of amides is 1. The molecule has 1 aliphatic rings.